The van der Waals surface area contributed by atoms with Crippen LogP contribution in [0.5, 0.6) is 0 Å². The van der Waals surface area contributed by atoms with Gasteiger partial charge in [0.15, 0.2) is 0 Å². The highest BCUT2D eigenvalue weighted by Crippen LogP contribution is 2.38. The highest BCUT2D eigenvalue weighted by molar-refractivity contribution is 5.80. The average Bonchev–Trinajstić information content (AvgIpc) is 2.33. The van der Waals surface area contributed by atoms with Gasteiger partial charge in [-0.15, -0.1) is 0 Å². The van der Waals surface area contributed by atoms with Crippen LogP contribution >= 0.6 is 0 Å². The summed E-state index contributed by atoms with van der Waals surface area (Å²) in [5.41, 5.74) is -0.320. The Morgan fingerprint density at radius 2 is 1.40 bits per heavy atom. The second-order valence-electron chi connectivity index (χ2n) is 6.76. The van der Waals surface area contributed by atoms with Crippen molar-refractivity contribution < 1.29 is 22.4 Å². The van der Waals surface area contributed by atoms with Gasteiger partial charge in [0, 0.05) is 12.0 Å². The fourth-order valence-electron chi connectivity index (χ4n) is 2.14. The Balaban J connectivity index is 2.85. The van der Waals surface area contributed by atoms with Crippen LogP contribution in [0.25, 0.3) is 0 Å². The third kappa shape index (κ3) is 3.26. The number of carbonyl (C=O) groups excluding carboxylic acids is 1. The molecule has 0 aromatic carbocycles. The standard InChI is InChI=1S/C14H23F4NO/c1-6-9(15)11(17)8(12(18)10(6)16)13(20)19-7(2)14(3,4)5/h6-12H,1-5H3,(H,19,20)/t6?,7-,8?,9?,10?,11?,12?/m1/s1. The maximum absolute atomic E-state index is 13.9. The lowest BCUT2D eigenvalue weighted by Crippen LogP contribution is -2.57. The number of hydrogen-bond donors (Lipinski definition) is 1. The molecule has 1 N–H and O–H groups in total. The molecule has 1 aliphatic rings. The summed E-state index contributed by atoms with van der Waals surface area (Å²) < 4.78 is 55.0. The van der Waals surface area contributed by atoms with Gasteiger partial charge in [0.2, 0.25) is 5.91 Å². The molecule has 5 atom stereocenters. The van der Waals surface area contributed by atoms with E-state index in [9.17, 15) is 22.4 Å². The minimum Gasteiger partial charge on any atom is -0.353 e. The first-order valence-electron chi connectivity index (χ1n) is 6.85. The van der Waals surface area contributed by atoms with Gasteiger partial charge in [-0.25, -0.2) is 17.6 Å². The van der Waals surface area contributed by atoms with Crippen molar-refractivity contribution in [1.82, 2.24) is 5.32 Å². The molecule has 0 heterocycles. The molecule has 1 saturated carbocycles. The van der Waals surface area contributed by atoms with Crippen molar-refractivity contribution in [3.05, 3.63) is 0 Å². The molecule has 20 heavy (non-hydrogen) atoms. The van der Waals surface area contributed by atoms with E-state index in [0.29, 0.717) is 0 Å². The van der Waals surface area contributed by atoms with Gasteiger partial charge in [0.25, 0.3) is 0 Å². The van der Waals surface area contributed by atoms with Crippen molar-refractivity contribution >= 4 is 5.91 Å². The highest BCUT2D eigenvalue weighted by Gasteiger charge is 2.54. The van der Waals surface area contributed by atoms with E-state index >= 15 is 0 Å². The summed E-state index contributed by atoms with van der Waals surface area (Å²) in [7, 11) is 0. The van der Waals surface area contributed by atoms with Gasteiger partial charge in [-0.1, -0.05) is 27.7 Å². The molecule has 0 aromatic heterocycles. The van der Waals surface area contributed by atoms with Crippen LogP contribution in [0.3, 0.4) is 0 Å². The monoisotopic (exact) mass is 297 g/mol. The van der Waals surface area contributed by atoms with Crippen LogP contribution < -0.4 is 5.32 Å². The number of alkyl halides is 4. The largest absolute Gasteiger partial charge is 0.353 e. The minimum atomic E-state index is -2.32. The second-order valence-corrected chi connectivity index (χ2v) is 6.76. The molecular weight excluding hydrogens is 274 g/mol. The highest BCUT2D eigenvalue weighted by atomic mass is 19.2. The number of amides is 1. The summed E-state index contributed by atoms with van der Waals surface area (Å²) >= 11 is 0. The van der Waals surface area contributed by atoms with E-state index in [1.807, 2.05) is 20.8 Å². The minimum absolute atomic E-state index is 0.320. The van der Waals surface area contributed by atoms with Gasteiger partial charge in [-0.2, -0.15) is 0 Å². The van der Waals surface area contributed by atoms with E-state index < -0.39 is 42.4 Å². The molecule has 118 valence electrons. The summed E-state index contributed by atoms with van der Waals surface area (Å²) in [6.07, 6.45) is -8.98. The van der Waals surface area contributed by atoms with Crippen LogP contribution in [0.1, 0.15) is 34.6 Å². The molecule has 0 radical (unpaired) electrons. The summed E-state index contributed by atoms with van der Waals surface area (Å²) in [6, 6.07) is -0.370. The molecule has 4 unspecified atom stereocenters. The number of carbonyl (C=O) groups is 1. The molecule has 6 heteroatoms. The lowest BCUT2D eigenvalue weighted by molar-refractivity contribution is -0.142. The summed E-state index contributed by atoms with van der Waals surface area (Å²) in [5, 5.41) is 2.45. The lowest BCUT2D eigenvalue weighted by atomic mass is 9.76. The van der Waals surface area contributed by atoms with Gasteiger partial charge in [0.05, 0.1) is 0 Å². The zero-order valence-electron chi connectivity index (χ0n) is 12.5. The summed E-state index contributed by atoms with van der Waals surface area (Å²) in [4.78, 5) is 11.9. The van der Waals surface area contributed by atoms with Crippen LogP contribution in [0, 0.1) is 17.3 Å². The fraction of sp³-hybridized carbons (Fsp3) is 0.929. The van der Waals surface area contributed by atoms with Crippen LogP contribution in [0.4, 0.5) is 17.6 Å². The average molecular weight is 297 g/mol. The van der Waals surface area contributed by atoms with E-state index in [1.165, 1.54) is 0 Å². The Hall–Kier alpha value is -0.810. The van der Waals surface area contributed by atoms with Crippen molar-refractivity contribution in [3.8, 4) is 0 Å². The van der Waals surface area contributed by atoms with Crippen LogP contribution in [0.15, 0.2) is 0 Å². The molecule has 1 rings (SSSR count). The maximum atomic E-state index is 13.9. The zero-order chi connectivity index (χ0) is 15.8. The number of halogens is 4. The van der Waals surface area contributed by atoms with E-state index in [1.54, 1.807) is 6.92 Å². The van der Waals surface area contributed by atoms with Crippen molar-refractivity contribution in [3.63, 3.8) is 0 Å². The van der Waals surface area contributed by atoms with Crippen molar-refractivity contribution in [2.45, 2.75) is 65.3 Å². The number of hydrogen-bond acceptors (Lipinski definition) is 1. The van der Waals surface area contributed by atoms with Crippen LogP contribution in [0.2, 0.25) is 0 Å². The van der Waals surface area contributed by atoms with Gasteiger partial charge in [0.1, 0.15) is 30.6 Å². The summed E-state index contributed by atoms with van der Waals surface area (Å²) in [5.74, 6) is -4.28. The van der Waals surface area contributed by atoms with E-state index in [0.717, 1.165) is 6.92 Å². The van der Waals surface area contributed by atoms with E-state index in [2.05, 4.69) is 5.32 Å². The molecule has 0 aromatic rings. The number of rotatable bonds is 2. The van der Waals surface area contributed by atoms with Gasteiger partial charge in [-0.3, -0.25) is 4.79 Å². The van der Waals surface area contributed by atoms with Gasteiger partial charge < -0.3 is 5.32 Å². The predicted molar refractivity (Wildman–Crippen MR) is 69.3 cm³/mol. The fourth-order valence-corrected chi connectivity index (χ4v) is 2.14. The normalized spacial score (nSPS) is 40.2. The smallest absolute Gasteiger partial charge is 0.229 e. The van der Waals surface area contributed by atoms with Crippen LogP contribution in [-0.2, 0) is 4.79 Å². The van der Waals surface area contributed by atoms with Crippen molar-refractivity contribution in [2.24, 2.45) is 17.3 Å². The lowest BCUT2D eigenvalue weighted by Gasteiger charge is -2.38. The molecule has 2 nitrogen and oxygen atoms in total. The topological polar surface area (TPSA) is 29.1 Å². The van der Waals surface area contributed by atoms with Gasteiger partial charge >= 0.3 is 0 Å². The third-order valence-corrected chi connectivity index (χ3v) is 4.26. The molecule has 1 aliphatic carbocycles. The van der Waals surface area contributed by atoms with Gasteiger partial charge in [-0.05, 0) is 12.3 Å². The second kappa shape index (κ2) is 5.90. The SMILES string of the molecule is CC1C(F)C(F)C(C(=O)N[C@H](C)C(C)(C)C)C(F)C1F. The Morgan fingerprint density at radius 1 is 1.00 bits per heavy atom. The van der Waals surface area contributed by atoms with Crippen LogP contribution in [-0.4, -0.2) is 36.6 Å². The molecule has 0 spiro atoms. The quantitative estimate of drug-likeness (QED) is 0.779. The van der Waals surface area contributed by atoms with Crippen molar-refractivity contribution in [1.29, 1.82) is 0 Å². The first-order chi connectivity index (χ1) is 8.98. The third-order valence-electron chi connectivity index (χ3n) is 4.26. The Morgan fingerprint density at radius 3 is 1.75 bits per heavy atom. The van der Waals surface area contributed by atoms with E-state index in [-0.39, 0.29) is 11.5 Å². The molecule has 0 bridgehead atoms. The first kappa shape index (κ1) is 17.2. The molecule has 1 amide bonds. The molecule has 0 aliphatic heterocycles. The van der Waals surface area contributed by atoms with E-state index in [4.69, 9.17) is 0 Å². The molecular formula is C14H23F4NO. The maximum Gasteiger partial charge on any atom is 0.229 e. The zero-order valence-corrected chi connectivity index (χ0v) is 12.5. The Bertz CT molecular complexity index is 342. The molecule has 0 saturated heterocycles. The number of nitrogens with one attached hydrogen (secondary N) is 1. The predicted octanol–water partition coefficient (Wildman–Crippen LogP) is 3.16. The first-order valence-corrected chi connectivity index (χ1v) is 6.85. The summed E-state index contributed by atoms with van der Waals surface area (Å²) in [6.45, 7) is 8.33. The Labute approximate surface area is 117 Å². The van der Waals surface area contributed by atoms with Crippen molar-refractivity contribution in [2.75, 3.05) is 0 Å². The molecule has 1 fully saturated rings. The Kier molecular flexibility index (Phi) is 5.08.